The van der Waals surface area contributed by atoms with Gasteiger partial charge < -0.3 is 5.32 Å². The lowest BCUT2D eigenvalue weighted by molar-refractivity contribution is -0.116. The molecule has 2 aromatic rings. The zero-order valence-electron chi connectivity index (χ0n) is 13.7. The van der Waals surface area contributed by atoms with E-state index in [4.69, 9.17) is 0 Å². The zero-order valence-corrected chi connectivity index (χ0v) is 14.5. The molecule has 25 heavy (non-hydrogen) atoms. The number of hydrogen-bond donors (Lipinski definition) is 2. The average Bonchev–Trinajstić information content (AvgIpc) is 3.15. The van der Waals surface area contributed by atoms with Gasteiger partial charge in [-0.2, -0.15) is 9.40 Å². The molecule has 1 aliphatic heterocycles. The lowest BCUT2D eigenvalue weighted by Gasteiger charge is -2.11. The van der Waals surface area contributed by atoms with Crippen LogP contribution in [0.25, 0.3) is 0 Å². The summed E-state index contributed by atoms with van der Waals surface area (Å²) < 4.78 is 24.5. The molecule has 0 radical (unpaired) electrons. The number of amides is 1. The second-order valence-corrected chi connectivity index (χ2v) is 7.87. The Balaban J connectivity index is 1.58. The van der Waals surface area contributed by atoms with Gasteiger partial charge >= 0.3 is 0 Å². The summed E-state index contributed by atoms with van der Waals surface area (Å²) in [5.74, 6) is -0.0410. The molecule has 0 spiro atoms. The second-order valence-electron chi connectivity index (χ2n) is 5.89. The number of rotatable bonds is 6. The van der Waals surface area contributed by atoms with Gasteiger partial charge in [0.15, 0.2) is 5.78 Å². The number of carbonyl (C=O) groups is 2. The van der Waals surface area contributed by atoms with Gasteiger partial charge in [-0.3, -0.25) is 14.7 Å². The van der Waals surface area contributed by atoms with Gasteiger partial charge in [-0.05, 0) is 0 Å². The number of Topliss-reactive ketones (excluding diaryl/α,β-unsaturated/α-hetero) is 1. The summed E-state index contributed by atoms with van der Waals surface area (Å²) in [6, 6.07) is 8.79. The van der Waals surface area contributed by atoms with Crippen molar-refractivity contribution in [3.05, 3.63) is 47.2 Å². The van der Waals surface area contributed by atoms with E-state index in [1.54, 1.807) is 24.3 Å². The van der Waals surface area contributed by atoms with Crippen molar-refractivity contribution in [3.63, 3.8) is 0 Å². The molecule has 1 aliphatic rings. The van der Waals surface area contributed by atoms with Gasteiger partial charge in [0.2, 0.25) is 15.9 Å². The van der Waals surface area contributed by atoms with E-state index in [0.717, 1.165) is 6.26 Å². The molecule has 9 heteroatoms. The maximum absolute atomic E-state index is 12.1. The average molecular weight is 362 g/mol. The number of benzene rings is 1. The Bertz CT molecular complexity index is 905. The van der Waals surface area contributed by atoms with Gasteiger partial charge in [0.25, 0.3) is 0 Å². The van der Waals surface area contributed by atoms with Crippen molar-refractivity contribution in [3.8, 4) is 0 Å². The summed E-state index contributed by atoms with van der Waals surface area (Å²) in [6.07, 6.45) is 1.27. The van der Waals surface area contributed by atoms with E-state index in [-0.39, 0.29) is 37.6 Å². The van der Waals surface area contributed by atoms with Gasteiger partial charge in [0.1, 0.15) is 5.82 Å². The SMILES string of the molecule is CS(=O)(=O)N1Cc2n[nH]c(NC(=O)CCC(=O)c3ccccc3)c2C1. The number of hydrogen-bond acceptors (Lipinski definition) is 5. The van der Waals surface area contributed by atoms with Crippen LogP contribution in [-0.4, -0.2) is 40.9 Å². The first kappa shape index (κ1) is 17.3. The van der Waals surface area contributed by atoms with Crippen molar-refractivity contribution < 1.29 is 18.0 Å². The summed E-state index contributed by atoms with van der Waals surface area (Å²) in [4.78, 5) is 24.1. The lowest BCUT2D eigenvalue weighted by atomic mass is 10.1. The third kappa shape index (κ3) is 3.94. The minimum absolute atomic E-state index is 0.0390. The molecule has 1 amide bonds. The highest BCUT2D eigenvalue weighted by Crippen LogP contribution is 2.28. The quantitative estimate of drug-likeness (QED) is 0.752. The number of carbonyl (C=O) groups excluding carboxylic acids is 2. The highest BCUT2D eigenvalue weighted by Gasteiger charge is 2.30. The lowest BCUT2D eigenvalue weighted by Crippen LogP contribution is -2.24. The monoisotopic (exact) mass is 362 g/mol. The number of ketones is 1. The molecule has 1 aromatic carbocycles. The van der Waals surface area contributed by atoms with Crippen molar-refractivity contribution in [2.24, 2.45) is 0 Å². The normalized spacial score (nSPS) is 14.3. The van der Waals surface area contributed by atoms with Crippen LogP contribution in [-0.2, 0) is 27.9 Å². The number of aromatic nitrogens is 2. The highest BCUT2D eigenvalue weighted by molar-refractivity contribution is 7.88. The van der Waals surface area contributed by atoms with E-state index in [1.165, 1.54) is 4.31 Å². The van der Waals surface area contributed by atoms with Crippen LogP contribution in [0.15, 0.2) is 30.3 Å². The van der Waals surface area contributed by atoms with Crippen molar-refractivity contribution in [1.82, 2.24) is 14.5 Å². The molecule has 0 fully saturated rings. The topological polar surface area (TPSA) is 112 Å². The summed E-state index contributed by atoms with van der Waals surface area (Å²) in [6.45, 7) is 0.357. The maximum Gasteiger partial charge on any atom is 0.225 e. The van der Waals surface area contributed by atoms with Crippen LogP contribution >= 0.6 is 0 Å². The van der Waals surface area contributed by atoms with E-state index in [2.05, 4.69) is 15.5 Å². The van der Waals surface area contributed by atoms with E-state index < -0.39 is 10.0 Å². The number of H-pyrrole nitrogens is 1. The molecule has 0 saturated carbocycles. The molecule has 132 valence electrons. The Morgan fingerprint density at radius 3 is 2.60 bits per heavy atom. The van der Waals surface area contributed by atoms with Crippen LogP contribution in [0.3, 0.4) is 0 Å². The van der Waals surface area contributed by atoms with Gasteiger partial charge in [-0.25, -0.2) is 8.42 Å². The fraction of sp³-hybridized carbons (Fsp3) is 0.312. The Hall–Kier alpha value is -2.52. The standard InChI is InChI=1S/C16H18N4O4S/c1-25(23,24)20-9-12-13(10-20)18-19-16(12)17-15(22)8-7-14(21)11-5-3-2-4-6-11/h2-6H,7-10H2,1H3,(H2,17,18,19,22). The molecular weight excluding hydrogens is 344 g/mol. The minimum atomic E-state index is -3.32. The highest BCUT2D eigenvalue weighted by atomic mass is 32.2. The number of anilines is 1. The van der Waals surface area contributed by atoms with Crippen LogP contribution in [0.4, 0.5) is 5.82 Å². The molecule has 8 nitrogen and oxygen atoms in total. The minimum Gasteiger partial charge on any atom is -0.311 e. The van der Waals surface area contributed by atoms with Crippen LogP contribution in [0, 0.1) is 0 Å². The van der Waals surface area contributed by atoms with Crippen LogP contribution in [0.5, 0.6) is 0 Å². The number of aromatic amines is 1. The molecule has 0 aliphatic carbocycles. The third-order valence-corrected chi connectivity index (χ3v) is 5.22. The number of sulfonamides is 1. The van der Waals surface area contributed by atoms with Gasteiger partial charge in [0.05, 0.1) is 18.5 Å². The van der Waals surface area contributed by atoms with Gasteiger partial charge in [-0.15, -0.1) is 0 Å². The first-order chi connectivity index (χ1) is 11.8. The molecular formula is C16H18N4O4S. The van der Waals surface area contributed by atoms with E-state index >= 15 is 0 Å². The number of nitrogens with zero attached hydrogens (tertiary/aromatic N) is 2. The summed E-state index contributed by atoms with van der Waals surface area (Å²) in [7, 11) is -3.32. The third-order valence-electron chi connectivity index (χ3n) is 4.02. The molecule has 3 rings (SSSR count). The van der Waals surface area contributed by atoms with Crippen LogP contribution in [0.2, 0.25) is 0 Å². The first-order valence-corrected chi connectivity index (χ1v) is 9.59. The maximum atomic E-state index is 12.1. The summed E-state index contributed by atoms with van der Waals surface area (Å²) >= 11 is 0. The van der Waals surface area contributed by atoms with E-state index in [0.29, 0.717) is 22.6 Å². The smallest absolute Gasteiger partial charge is 0.225 e. The molecule has 1 aromatic heterocycles. The summed E-state index contributed by atoms with van der Waals surface area (Å²) in [5.41, 5.74) is 1.83. The van der Waals surface area contributed by atoms with Crippen molar-refractivity contribution in [2.75, 3.05) is 11.6 Å². The molecule has 0 atom stereocenters. The van der Waals surface area contributed by atoms with E-state index in [9.17, 15) is 18.0 Å². The largest absolute Gasteiger partial charge is 0.311 e. The van der Waals surface area contributed by atoms with Gasteiger partial charge in [0, 0.05) is 30.5 Å². The Labute approximate surface area is 145 Å². The molecule has 0 unspecified atom stereocenters. The zero-order chi connectivity index (χ0) is 18.0. The molecule has 2 N–H and O–H groups in total. The Morgan fingerprint density at radius 2 is 1.92 bits per heavy atom. The predicted octanol–water partition coefficient (Wildman–Crippen LogP) is 1.29. The molecule has 0 bridgehead atoms. The van der Waals surface area contributed by atoms with Crippen molar-refractivity contribution >= 4 is 27.5 Å². The first-order valence-electron chi connectivity index (χ1n) is 7.74. The number of nitrogens with one attached hydrogen (secondary N) is 2. The Kier molecular flexibility index (Phi) is 4.69. The van der Waals surface area contributed by atoms with Crippen LogP contribution in [0.1, 0.15) is 34.5 Å². The van der Waals surface area contributed by atoms with Crippen molar-refractivity contribution in [2.45, 2.75) is 25.9 Å². The van der Waals surface area contributed by atoms with Crippen molar-refractivity contribution in [1.29, 1.82) is 0 Å². The second kappa shape index (κ2) is 6.77. The molecule has 2 heterocycles. The summed E-state index contributed by atoms with van der Waals surface area (Å²) in [5, 5.41) is 9.42. The Morgan fingerprint density at radius 1 is 1.20 bits per heavy atom. The van der Waals surface area contributed by atoms with Gasteiger partial charge in [-0.1, -0.05) is 30.3 Å². The fourth-order valence-electron chi connectivity index (χ4n) is 2.64. The van der Waals surface area contributed by atoms with Crippen LogP contribution < -0.4 is 5.32 Å². The predicted molar refractivity (Wildman–Crippen MR) is 91.3 cm³/mol. The number of fused-ring (bicyclic) bond motifs is 1. The molecule has 0 saturated heterocycles. The fourth-order valence-corrected chi connectivity index (χ4v) is 3.36. The van der Waals surface area contributed by atoms with E-state index in [1.807, 2.05) is 6.07 Å².